The predicted molar refractivity (Wildman–Crippen MR) is 73.7 cm³/mol. The molecule has 0 saturated carbocycles. The van der Waals surface area contributed by atoms with Crippen LogP contribution >= 0.6 is 11.8 Å². The molecule has 0 aliphatic carbocycles. The van der Waals surface area contributed by atoms with Crippen molar-refractivity contribution in [3.05, 3.63) is 29.1 Å². The van der Waals surface area contributed by atoms with Crippen molar-refractivity contribution in [2.45, 2.75) is 37.0 Å². The highest BCUT2D eigenvalue weighted by molar-refractivity contribution is 8.00. The van der Waals surface area contributed by atoms with Gasteiger partial charge in [0.25, 0.3) is 0 Å². The molecule has 1 aliphatic rings. The van der Waals surface area contributed by atoms with Crippen LogP contribution in [0.15, 0.2) is 17.0 Å². The van der Waals surface area contributed by atoms with Crippen molar-refractivity contribution in [2.24, 2.45) is 0 Å². The van der Waals surface area contributed by atoms with Gasteiger partial charge >= 0.3 is 0 Å². The summed E-state index contributed by atoms with van der Waals surface area (Å²) in [6, 6.07) is 3.81. The molecule has 4 heteroatoms. The number of aryl methyl sites for hydroxylation is 1. The van der Waals surface area contributed by atoms with Gasteiger partial charge in [-0.25, -0.2) is 4.39 Å². The van der Waals surface area contributed by atoms with E-state index in [0.29, 0.717) is 10.8 Å². The van der Waals surface area contributed by atoms with Gasteiger partial charge < -0.3 is 10.1 Å². The molecule has 0 bridgehead atoms. The first-order chi connectivity index (χ1) is 8.61. The Hall–Kier alpha value is -0.580. The number of hydrogen-bond acceptors (Lipinski definition) is 3. The van der Waals surface area contributed by atoms with Crippen LogP contribution in [-0.2, 0) is 4.74 Å². The summed E-state index contributed by atoms with van der Waals surface area (Å²) < 4.78 is 18.9. The third-order valence-electron chi connectivity index (χ3n) is 3.17. The Labute approximate surface area is 112 Å². The van der Waals surface area contributed by atoms with Gasteiger partial charge in [0, 0.05) is 10.9 Å². The number of rotatable bonds is 5. The third kappa shape index (κ3) is 3.05. The number of nitrogens with one attached hydrogen (secondary N) is 1. The lowest BCUT2D eigenvalue weighted by Crippen LogP contribution is -2.30. The smallest absolute Gasteiger partial charge is 0.126 e. The van der Waals surface area contributed by atoms with Crippen LogP contribution in [0.1, 0.15) is 31.0 Å². The lowest BCUT2D eigenvalue weighted by molar-refractivity contribution is 0.0455. The van der Waals surface area contributed by atoms with E-state index >= 15 is 0 Å². The van der Waals surface area contributed by atoms with Gasteiger partial charge in [-0.1, -0.05) is 6.92 Å². The highest BCUT2D eigenvalue weighted by atomic mass is 32.2. The van der Waals surface area contributed by atoms with E-state index in [4.69, 9.17) is 4.74 Å². The molecule has 2 rings (SSSR count). The zero-order chi connectivity index (χ0) is 13.1. The first-order valence-corrected chi connectivity index (χ1v) is 7.27. The maximum absolute atomic E-state index is 13.7. The van der Waals surface area contributed by atoms with E-state index in [1.165, 1.54) is 4.90 Å². The summed E-state index contributed by atoms with van der Waals surface area (Å²) in [5.41, 5.74) is 1.77. The van der Waals surface area contributed by atoms with Crippen LogP contribution in [0.4, 0.5) is 4.39 Å². The van der Waals surface area contributed by atoms with Gasteiger partial charge in [-0.3, -0.25) is 0 Å². The van der Waals surface area contributed by atoms with Crippen molar-refractivity contribution in [3.63, 3.8) is 0 Å². The predicted octanol–water partition coefficient (Wildman–Crippen LogP) is 3.30. The Morgan fingerprint density at radius 2 is 2.22 bits per heavy atom. The van der Waals surface area contributed by atoms with Gasteiger partial charge in [0.05, 0.1) is 18.5 Å². The quantitative estimate of drug-likeness (QED) is 0.886. The zero-order valence-electron chi connectivity index (χ0n) is 11.1. The Balaban J connectivity index is 2.25. The molecule has 1 aromatic rings. The Kier molecular flexibility index (Phi) is 4.65. The fourth-order valence-corrected chi connectivity index (χ4v) is 3.29. The number of hydrogen-bond donors (Lipinski definition) is 1. The van der Waals surface area contributed by atoms with Crippen molar-refractivity contribution in [1.29, 1.82) is 0 Å². The maximum Gasteiger partial charge on any atom is 0.126 e. The molecular formula is C14H20FNOS. The summed E-state index contributed by atoms with van der Waals surface area (Å²) in [6.45, 7) is 8.44. The van der Waals surface area contributed by atoms with Gasteiger partial charge in [-0.2, -0.15) is 0 Å². The fourth-order valence-electron chi connectivity index (χ4n) is 1.99. The van der Waals surface area contributed by atoms with Crippen molar-refractivity contribution in [2.75, 3.05) is 19.8 Å². The summed E-state index contributed by atoms with van der Waals surface area (Å²) in [5, 5.41) is 3.86. The first kappa shape index (κ1) is 13.8. The molecule has 1 heterocycles. The Morgan fingerprint density at radius 1 is 1.50 bits per heavy atom. The van der Waals surface area contributed by atoms with Crippen LogP contribution in [0.5, 0.6) is 0 Å². The largest absolute Gasteiger partial charge is 0.379 e. The molecule has 1 unspecified atom stereocenters. The standard InChI is InChI=1S/C14H20FNOS/c1-4-16-10(3)12-6-13(15)9(2)5-14(12)18-11-7-17-8-11/h5-6,10-11,16H,4,7-8H2,1-3H3. The second-order valence-corrected chi connectivity index (χ2v) is 6.04. The normalized spacial score (nSPS) is 17.6. The van der Waals surface area contributed by atoms with Crippen LogP contribution in [0.3, 0.4) is 0 Å². The second-order valence-electron chi connectivity index (χ2n) is 4.70. The number of halogens is 1. The van der Waals surface area contributed by atoms with Crippen molar-refractivity contribution in [1.82, 2.24) is 5.32 Å². The average Bonchev–Trinajstić information content (AvgIpc) is 2.28. The summed E-state index contributed by atoms with van der Waals surface area (Å²) in [7, 11) is 0. The molecule has 100 valence electrons. The molecule has 1 fully saturated rings. The Bertz CT molecular complexity index is 421. The minimum Gasteiger partial charge on any atom is -0.379 e. The van der Waals surface area contributed by atoms with E-state index in [1.807, 2.05) is 13.0 Å². The molecule has 0 spiro atoms. The zero-order valence-corrected chi connectivity index (χ0v) is 11.9. The average molecular weight is 269 g/mol. The van der Waals surface area contributed by atoms with Gasteiger partial charge in [-0.05, 0) is 43.7 Å². The summed E-state index contributed by atoms with van der Waals surface area (Å²) in [6.07, 6.45) is 0. The fraction of sp³-hybridized carbons (Fsp3) is 0.571. The SMILES string of the molecule is CCNC(C)c1cc(F)c(C)cc1SC1COC1. The molecule has 1 aromatic carbocycles. The van der Waals surface area contributed by atoms with Crippen LogP contribution in [0.25, 0.3) is 0 Å². The second kappa shape index (κ2) is 6.04. The lowest BCUT2D eigenvalue weighted by atomic mass is 10.1. The van der Waals surface area contributed by atoms with Crippen molar-refractivity contribution < 1.29 is 9.13 Å². The summed E-state index contributed by atoms with van der Waals surface area (Å²) in [4.78, 5) is 1.18. The van der Waals surface area contributed by atoms with Crippen LogP contribution in [0, 0.1) is 12.7 Å². The minimum absolute atomic E-state index is 0.121. The molecule has 0 aromatic heterocycles. The summed E-state index contributed by atoms with van der Waals surface area (Å²) in [5.74, 6) is -0.121. The van der Waals surface area contributed by atoms with Crippen LogP contribution < -0.4 is 5.32 Å². The maximum atomic E-state index is 13.7. The number of ether oxygens (including phenoxy) is 1. The number of benzene rings is 1. The molecule has 0 radical (unpaired) electrons. The topological polar surface area (TPSA) is 21.3 Å². The van der Waals surface area contributed by atoms with Crippen molar-refractivity contribution in [3.8, 4) is 0 Å². The van der Waals surface area contributed by atoms with Gasteiger partial charge in [0.15, 0.2) is 0 Å². The molecule has 0 amide bonds. The van der Waals surface area contributed by atoms with Gasteiger partial charge in [0.1, 0.15) is 5.82 Å². The molecule has 1 aliphatic heterocycles. The Morgan fingerprint density at radius 3 is 2.78 bits per heavy atom. The molecule has 1 N–H and O–H groups in total. The van der Waals surface area contributed by atoms with Gasteiger partial charge in [0.2, 0.25) is 0 Å². The molecule has 18 heavy (non-hydrogen) atoms. The minimum atomic E-state index is -0.121. The van der Waals surface area contributed by atoms with Crippen LogP contribution in [-0.4, -0.2) is 25.0 Å². The van der Waals surface area contributed by atoms with E-state index in [9.17, 15) is 4.39 Å². The van der Waals surface area contributed by atoms with E-state index in [0.717, 1.165) is 25.3 Å². The molecule has 1 atom stereocenters. The monoisotopic (exact) mass is 269 g/mol. The van der Waals surface area contributed by atoms with E-state index in [-0.39, 0.29) is 11.9 Å². The van der Waals surface area contributed by atoms with Crippen molar-refractivity contribution >= 4 is 11.8 Å². The third-order valence-corrected chi connectivity index (χ3v) is 4.38. The lowest BCUT2D eigenvalue weighted by Gasteiger charge is -2.27. The van der Waals surface area contributed by atoms with E-state index in [1.54, 1.807) is 17.8 Å². The summed E-state index contributed by atoms with van der Waals surface area (Å²) >= 11 is 1.80. The molecule has 2 nitrogen and oxygen atoms in total. The molecular weight excluding hydrogens is 249 g/mol. The van der Waals surface area contributed by atoms with E-state index in [2.05, 4.69) is 19.2 Å². The molecule has 1 saturated heterocycles. The van der Waals surface area contributed by atoms with Gasteiger partial charge in [-0.15, -0.1) is 11.8 Å². The first-order valence-electron chi connectivity index (χ1n) is 6.39. The van der Waals surface area contributed by atoms with Crippen LogP contribution in [0.2, 0.25) is 0 Å². The number of thioether (sulfide) groups is 1. The highest BCUT2D eigenvalue weighted by Gasteiger charge is 2.22. The highest BCUT2D eigenvalue weighted by Crippen LogP contribution is 2.35. The van der Waals surface area contributed by atoms with E-state index < -0.39 is 0 Å².